The first-order chi connectivity index (χ1) is 23.8. The molecule has 4 aromatic carbocycles. The minimum absolute atomic E-state index is 0. The van der Waals surface area contributed by atoms with E-state index >= 15 is 0 Å². The van der Waals surface area contributed by atoms with E-state index in [0.717, 1.165) is 46.0 Å². The summed E-state index contributed by atoms with van der Waals surface area (Å²) in [6.45, 7) is 7.00. The summed E-state index contributed by atoms with van der Waals surface area (Å²) in [6.07, 6.45) is 12.0. The van der Waals surface area contributed by atoms with Crippen molar-refractivity contribution in [3.05, 3.63) is 139 Å². The van der Waals surface area contributed by atoms with Crippen LogP contribution < -0.4 is 5.19 Å². The van der Waals surface area contributed by atoms with Gasteiger partial charge in [0.2, 0.25) is 0 Å². The van der Waals surface area contributed by atoms with Gasteiger partial charge in [-0.15, -0.1) is 59.7 Å². The molecule has 1 aliphatic rings. The van der Waals surface area contributed by atoms with Crippen molar-refractivity contribution in [2.45, 2.75) is 58.2 Å². The van der Waals surface area contributed by atoms with Gasteiger partial charge in [-0.2, -0.15) is 11.3 Å². The van der Waals surface area contributed by atoms with Crippen molar-refractivity contribution in [1.29, 1.82) is 0 Å². The number of halogens is 1. The largest absolute Gasteiger partial charge is 0.305 e. The molecule has 0 bridgehead atoms. The average molecular weight is 869 g/mol. The molecule has 0 atom stereocenters. The van der Waals surface area contributed by atoms with E-state index in [1.807, 2.05) is 54.9 Å². The maximum absolute atomic E-state index is 13.4. The van der Waals surface area contributed by atoms with Crippen LogP contribution in [0.5, 0.6) is 0 Å². The molecule has 0 unspecified atom stereocenters. The van der Waals surface area contributed by atoms with E-state index in [9.17, 15) is 4.39 Å². The molecule has 2 nitrogen and oxygen atoms in total. The van der Waals surface area contributed by atoms with Gasteiger partial charge in [0, 0.05) is 37.2 Å². The number of fused-ring (bicyclic) bond motifs is 3. The molecule has 6 heteroatoms. The van der Waals surface area contributed by atoms with Crippen molar-refractivity contribution < 1.29 is 24.5 Å². The van der Waals surface area contributed by atoms with Crippen LogP contribution in [0.4, 0.5) is 4.39 Å². The van der Waals surface area contributed by atoms with Gasteiger partial charge in [0.15, 0.2) is 0 Å². The van der Waals surface area contributed by atoms with Crippen molar-refractivity contribution in [3.8, 4) is 33.6 Å². The van der Waals surface area contributed by atoms with Crippen molar-refractivity contribution in [1.82, 2.24) is 9.97 Å². The number of rotatable bonds is 6. The molecule has 0 N–H and O–H groups in total. The van der Waals surface area contributed by atoms with Gasteiger partial charge in [0.05, 0.1) is 8.07 Å². The molecule has 1 fully saturated rings. The monoisotopic (exact) mass is 869 g/mol. The molecule has 50 heavy (non-hydrogen) atoms. The molecule has 7 aromatic rings. The second kappa shape index (κ2) is 16.0. The number of pyridine rings is 2. The number of benzene rings is 4. The number of nitrogens with zero attached hydrogens (tertiary/aromatic N) is 2. The van der Waals surface area contributed by atoms with Gasteiger partial charge in [0.25, 0.3) is 0 Å². The Bertz CT molecular complexity index is 2170. The summed E-state index contributed by atoms with van der Waals surface area (Å²) in [5.41, 5.74) is 7.68. The molecule has 1 aliphatic carbocycles. The summed E-state index contributed by atoms with van der Waals surface area (Å²) >= 11 is 1.79. The third-order valence-corrected chi connectivity index (χ3v) is 12.8. The molecule has 255 valence electrons. The maximum Gasteiger partial charge on any atom is 0.123 e. The Hall–Kier alpha value is -3.80. The van der Waals surface area contributed by atoms with E-state index in [0.29, 0.717) is 0 Å². The molecular formula is C44H41FIrN2SSi-2. The standard InChI is InChI=1S/C30H25FNS.C14H16NSi.Ir/c31-24-12-9-22(10-13-24)23-11-14-25-26-7-4-8-27(30(26)33-29(25)19-23)28-18-21(15-16-32-28)17-20-5-2-1-3-6-20;1-16(2,3)13-9-10-14(15-11-13)12-7-5-4-6-8-12;/h4,7,9-16,18-20H,1-3,5-6,17H2;4-7,9-11H,1-3H3;/q2*-1;. The average Bonchev–Trinajstić information content (AvgIpc) is 3.51. The van der Waals surface area contributed by atoms with Crippen LogP contribution in [-0.2, 0) is 26.5 Å². The predicted octanol–water partition coefficient (Wildman–Crippen LogP) is 11.9. The molecule has 0 amide bonds. The number of hydrogen-bond donors (Lipinski definition) is 0. The van der Waals surface area contributed by atoms with Gasteiger partial charge in [-0.25, -0.2) is 4.39 Å². The van der Waals surface area contributed by atoms with Crippen molar-refractivity contribution in [3.63, 3.8) is 0 Å². The molecule has 1 radical (unpaired) electrons. The minimum Gasteiger partial charge on any atom is -0.305 e. The maximum atomic E-state index is 13.4. The zero-order valence-corrected chi connectivity index (χ0v) is 33.0. The Morgan fingerprint density at radius 3 is 2.28 bits per heavy atom. The number of aromatic nitrogens is 2. The fourth-order valence-corrected chi connectivity index (χ4v) is 9.05. The van der Waals surface area contributed by atoms with E-state index < -0.39 is 8.07 Å². The zero-order chi connectivity index (χ0) is 33.8. The first kappa shape index (κ1) is 36.0. The zero-order valence-electron chi connectivity index (χ0n) is 28.8. The van der Waals surface area contributed by atoms with Gasteiger partial charge >= 0.3 is 0 Å². The molecule has 0 saturated heterocycles. The summed E-state index contributed by atoms with van der Waals surface area (Å²) in [7, 11) is -1.23. The van der Waals surface area contributed by atoms with Crippen molar-refractivity contribution >= 4 is 44.8 Å². The molecule has 3 heterocycles. The van der Waals surface area contributed by atoms with E-state index in [1.54, 1.807) is 11.3 Å². The van der Waals surface area contributed by atoms with E-state index in [2.05, 4.69) is 85.3 Å². The van der Waals surface area contributed by atoms with E-state index in [1.165, 1.54) is 75.2 Å². The quantitative estimate of drug-likeness (QED) is 0.123. The summed E-state index contributed by atoms with van der Waals surface area (Å²) in [5, 5.41) is 3.88. The van der Waals surface area contributed by atoms with Crippen LogP contribution in [0.3, 0.4) is 0 Å². The van der Waals surface area contributed by atoms with Crippen LogP contribution in [0.1, 0.15) is 37.7 Å². The van der Waals surface area contributed by atoms with Crippen LogP contribution in [0.15, 0.2) is 116 Å². The van der Waals surface area contributed by atoms with E-state index in [4.69, 9.17) is 4.98 Å². The summed E-state index contributed by atoms with van der Waals surface area (Å²) in [5.74, 6) is 0.600. The van der Waals surface area contributed by atoms with Crippen LogP contribution in [-0.4, -0.2) is 18.0 Å². The van der Waals surface area contributed by atoms with Gasteiger partial charge in [0.1, 0.15) is 5.82 Å². The van der Waals surface area contributed by atoms with Gasteiger partial charge in [-0.05, 0) is 74.4 Å². The van der Waals surface area contributed by atoms with Crippen molar-refractivity contribution in [2.75, 3.05) is 0 Å². The van der Waals surface area contributed by atoms with Crippen LogP contribution in [0.2, 0.25) is 19.6 Å². The number of thiophene rings is 1. The first-order valence-corrected chi connectivity index (χ1v) is 21.7. The second-order valence-electron chi connectivity index (χ2n) is 14.1. The SMILES string of the molecule is C[Si](C)(C)c1ccc(-c2[c-]cccc2)nc1.Fc1ccc(-c2ccc3c(c2)sc2c(-c4cc(CC5CCCCC5)ccn4)[c-]ccc23)cc1.[Ir]. The molecule has 8 rings (SSSR count). The Labute approximate surface area is 314 Å². The third-order valence-electron chi connectivity index (χ3n) is 9.55. The molecule has 0 aliphatic heterocycles. The smallest absolute Gasteiger partial charge is 0.123 e. The summed E-state index contributed by atoms with van der Waals surface area (Å²) < 4.78 is 15.8. The second-order valence-corrected chi connectivity index (χ2v) is 20.3. The topological polar surface area (TPSA) is 25.8 Å². The first-order valence-electron chi connectivity index (χ1n) is 17.3. The summed E-state index contributed by atoms with van der Waals surface area (Å²) in [6, 6.07) is 40.8. The Kier molecular flexibility index (Phi) is 11.5. The predicted molar refractivity (Wildman–Crippen MR) is 209 cm³/mol. The fourth-order valence-electron chi connectivity index (χ4n) is 6.77. The Morgan fingerprint density at radius 1 is 0.760 bits per heavy atom. The van der Waals surface area contributed by atoms with Crippen LogP contribution >= 0.6 is 11.3 Å². The third kappa shape index (κ3) is 8.38. The van der Waals surface area contributed by atoms with Gasteiger partial charge in [-0.3, -0.25) is 0 Å². The van der Waals surface area contributed by atoms with Gasteiger partial charge < -0.3 is 9.97 Å². The Balaban J connectivity index is 0.000000215. The molecule has 1 saturated carbocycles. The van der Waals surface area contributed by atoms with Gasteiger partial charge in [-0.1, -0.05) is 105 Å². The van der Waals surface area contributed by atoms with E-state index in [-0.39, 0.29) is 25.9 Å². The fraction of sp³-hybridized carbons (Fsp3) is 0.227. The minimum atomic E-state index is -1.23. The van der Waals surface area contributed by atoms with Crippen LogP contribution in [0.25, 0.3) is 53.8 Å². The van der Waals surface area contributed by atoms with Crippen molar-refractivity contribution in [2.24, 2.45) is 5.92 Å². The molecule has 3 aromatic heterocycles. The number of hydrogen-bond acceptors (Lipinski definition) is 3. The summed E-state index contributed by atoms with van der Waals surface area (Å²) in [4.78, 5) is 9.26. The van der Waals surface area contributed by atoms with Crippen LogP contribution in [0, 0.1) is 23.9 Å². The molecular weight excluding hydrogens is 828 g/mol. The molecule has 0 spiro atoms. The Morgan fingerprint density at radius 2 is 1.56 bits per heavy atom. The normalized spacial score (nSPS) is 13.4.